The fourth-order valence-corrected chi connectivity index (χ4v) is 1.95. The normalized spacial score (nSPS) is 16.5. The molecule has 0 rings (SSSR count). The molecule has 0 aliphatic rings. The van der Waals surface area contributed by atoms with Crippen molar-refractivity contribution < 1.29 is 14.3 Å². The minimum absolute atomic E-state index is 0.301. The van der Waals surface area contributed by atoms with Crippen LogP contribution < -0.4 is 0 Å². The maximum atomic E-state index is 12.1. The second-order valence-electron chi connectivity index (χ2n) is 6.35. The average molecular weight is 332 g/mol. The lowest BCUT2D eigenvalue weighted by atomic mass is 9.96. The molecule has 0 aromatic carbocycles. The number of esters is 1. The van der Waals surface area contributed by atoms with Gasteiger partial charge in [0.1, 0.15) is 6.10 Å². The summed E-state index contributed by atoms with van der Waals surface area (Å²) in [5.74, 6) is -0.301. The van der Waals surface area contributed by atoms with Gasteiger partial charge in [0.05, 0.1) is 5.60 Å². The number of ether oxygens (including phenoxy) is 2. The molecule has 24 heavy (non-hydrogen) atoms. The number of carbonyl (C=O) groups is 1. The Labute approximate surface area is 147 Å². The lowest BCUT2D eigenvalue weighted by Gasteiger charge is -2.28. The van der Waals surface area contributed by atoms with Crippen LogP contribution in [0.3, 0.4) is 0 Å². The van der Waals surface area contributed by atoms with Gasteiger partial charge >= 0.3 is 5.97 Å². The molecule has 0 heterocycles. The lowest BCUT2D eigenvalue weighted by Crippen LogP contribution is -2.32. The standard InChI is InChI=1S/C21H32O3/c1-9-17(5)12-11-13-21(7,23-8)15-19(14-16(3)4)24-20(22)18(6)10-2/h9-14,19H,1,15H2,2-8H3. The Morgan fingerprint density at radius 3 is 2.33 bits per heavy atom. The Balaban J connectivity index is 5.31. The van der Waals surface area contributed by atoms with Crippen LogP contribution in [-0.2, 0) is 14.3 Å². The predicted octanol–water partition coefficient (Wildman–Crippen LogP) is 5.31. The van der Waals surface area contributed by atoms with Crippen LogP contribution >= 0.6 is 0 Å². The van der Waals surface area contributed by atoms with Crippen LogP contribution in [0.1, 0.15) is 48.0 Å². The van der Waals surface area contributed by atoms with Gasteiger partial charge in [0, 0.05) is 19.1 Å². The molecule has 0 N–H and O–H groups in total. The monoisotopic (exact) mass is 332 g/mol. The number of carbonyl (C=O) groups excluding carboxylic acids is 1. The molecule has 0 spiro atoms. The van der Waals surface area contributed by atoms with Gasteiger partial charge in [-0.3, -0.25) is 0 Å². The summed E-state index contributed by atoms with van der Waals surface area (Å²) in [7, 11) is 1.66. The summed E-state index contributed by atoms with van der Waals surface area (Å²) in [6.07, 6.45) is 11.6. The van der Waals surface area contributed by atoms with Crippen LogP contribution in [0.4, 0.5) is 0 Å². The van der Waals surface area contributed by atoms with Crippen molar-refractivity contribution in [3.8, 4) is 0 Å². The topological polar surface area (TPSA) is 35.5 Å². The summed E-state index contributed by atoms with van der Waals surface area (Å²) < 4.78 is 11.3. The first kappa shape index (κ1) is 22.1. The maximum Gasteiger partial charge on any atom is 0.333 e. The van der Waals surface area contributed by atoms with Crippen LogP contribution in [0.2, 0.25) is 0 Å². The third kappa shape index (κ3) is 8.68. The minimum Gasteiger partial charge on any atom is -0.455 e. The number of methoxy groups -OCH3 is 1. The summed E-state index contributed by atoms with van der Waals surface area (Å²) in [6.45, 7) is 15.2. The molecule has 3 heteroatoms. The zero-order valence-electron chi connectivity index (χ0n) is 16.2. The molecular weight excluding hydrogens is 300 g/mol. The van der Waals surface area contributed by atoms with Gasteiger partial charge in [-0.2, -0.15) is 0 Å². The second kappa shape index (κ2) is 10.8. The third-order valence-corrected chi connectivity index (χ3v) is 3.74. The van der Waals surface area contributed by atoms with Crippen molar-refractivity contribution in [2.24, 2.45) is 0 Å². The van der Waals surface area contributed by atoms with Crippen molar-refractivity contribution in [2.75, 3.05) is 7.11 Å². The summed E-state index contributed by atoms with van der Waals surface area (Å²) in [5.41, 5.74) is 2.22. The van der Waals surface area contributed by atoms with Crippen molar-refractivity contribution in [1.82, 2.24) is 0 Å². The van der Waals surface area contributed by atoms with Gasteiger partial charge in [-0.15, -0.1) is 0 Å². The molecule has 0 bridgehead atoms. The van der Waals surface area contributed by atoms with E-state index < -0.39 is 5.60 Å². The van der Waals surface area contributed by atoms with E-state index in [9.17, 15) is 4.79 Å². The largest absolute Gasteiger partial charge is 0.455 e. The van der Waals surface area contributed by atoms with Crippen LogP contribution in [0.15, 0.2) is 59.8 Å². The van der Waals surface area contributed by atoms with Gasteiger partial charge < -0.3 is 9.47 Å². The van der Waals surface area contributed by atoms with Crippen molar-refractivity contribution in [2.45, 2.75) is 59.7 Å². The van der Waals surface area contributed by atoms with Crippen molar-refractivity contribution in [3.05, 3.63) is 59.8 Å². The van der Waals surface area contributed by atoms with Crippen molar-refractivity contribution >= 4 is 5.97 Å². The Kier molecular flexibility index (Phi) is 9.98. The molecule has 0 aliphatic carbocycles. The molecular formula is C21H32O3. The highest BCUT2D eigenvalue weighted by Crippen LogP contribution is 2.23. The maximum absolute atomic E-state index is 12.1. The lowest BCUT2D eigenvalue weighted by molar-refractivity contribution is -0.144. The number of hydrogen-bond donors (Lipinski definition) is 0. The van der Waals surface area contributed by atoms with Gasteiger partial charge in [-0.25, -0.2) is 4.79 Å². The van der Waals surface area contributed by atoms with E-state index >= 15 is 0 Å². The zero-order valence-corrected chi connectivity index (χ0v) is 16.2. The zero-order chi connectivity index (χ0) is 18.8. The Bertz CT molecular complexity index is 545. The first-order valence-corrected chi connectivity index (χ1v) is 8.20. The first-order chi connectivity index (χ1) is 11.2. The van der Waals surface area contributed by atoms with Gasteiger partial charge in [0.15, 0.2) is 0 Å². The van der Waals surface area contributed by atoms with Gasteiger partial charge in [-0.05, 0) is 47.6 Å². The van der Waals surface area contributed by atoms with E-state index in [-0.39, 0.29) is 12.1 Å². The summed E-state index contributed by atoms with van der Waals surface area (Å²) in [5, 5.41) is 0. The summed E-state index contributed by atoms with van der Waals surface area (Å²) in [6, 6.07) is 0. The minimum atomic E-state index is -0.543. The predicted molar refractivity (Wildman–Crippen MR) is 102 cm³/mol. The molecule has 2 unspecified atom stereocenters. The van der Waals surface area contributed by atoms with Crippen LogP contribution in [0.25, 0.3) is 0 Å². The molecule has 0 amide bonds. The second-order valence-corrected chi connectivity index (χ2v) is 6.35. The summed E-state index contributed by atoms with van der Waals surface area (Å²) >= 11 is 0. The van der Waals surface area contributed by atoms with E-state index in [1.165, 1.54) is 0 Å². The molecule has 0 aromatic rings. The highest BCUT2D eigenvalue weighted by atomic mass is 16.5. The van der Waals surface area contributed by atoms with Gasteiger partial charge in [-0.1, -0.05) is 48.1 Å². The number of hydrogen-bond acceptors (Lipinski definition) is 3. The Morgan fingerprint density at radius 1 is 1.25 bits per heavy atom. The SMILES string of the molecule is C=CC(C)=CC=CC(C)(CC(C=C(C)C)OC(=O)C(C)=CC)OC. The van der Waals surface area contributed by atoms with Gasteiger partial charge in [0.2, 0.25) is 0 Å². The summed E-state index contributed by atoms with van der Waals surface area (Å²) in [4.78, 5) is 12.1. The first-order valence-electron chi connectivity index (χ1n) is 8.20. The molecule has 134 valence electrons. The molecule has 0 aromatic heterocycles. The molecule has 0 saturated heterocycles. The highest BCUT2D eigenvalue weighted by molar-refractivity contribution is 5.87. The van der Waals surface area contributed by atoms with Crippen LogP contribution in [0, 0.1) is 0 Å². The fourth-order valence-electron chi connectivity index (χ4n) is 1.95. The van der Waals surface area contributed by atoms with E-state index in [4.69, 9.17) is 9.47 Å². The van der Waals surface area contributed by atoms with Gasteiger partial charge in [0.25, 0.3) is 0 Å². The Morgan fingerprint density at radius 2 is 1.88 bits per heavy atom. The molecule has 0 saturated carbocycles. The number of allylic oxidation sites excluding steroid dienone is 6. The average Bonchev–Trinajstić information content (AvgIpc) is 2.52. The number of rotatable bonds is 9. The molecule has 0 radical (unpaired) electrons. The Hall–Kier alpha value is -1.87. The third-order valence-electron chi connectivity index (χ3n) is 3.74. The fraction of sp³-hybridized carbons (Fsp3) is 0.476. The van der Waals surface area contributed by atoms with Crippen LogP contribution in [-0.4, -0.2) is 24.8 Å². The highest BCUT2D eigenvalue weighted by Gasteiger charge is 2.26. The van der Waals surface area contributed by atoms with E-state index in [2.05, 4.69) is 6.58 Å². The molecule has 0 fully saturated rings. The van der Waals surface area contributed by atoms with E-state index in [0.717, 1.165) is 11.1 Å². The van der Waals surface area contributed by atoms with E-state index in [0.29, 0.717) is 12.0 Å². The van der Waals surface area contributed by atoms with Crippen molar-refractivity contribution in [3.63, 3.8) is 0 Å². The van der Waals surface area contributed by atoms with Crippen LogP contribution in [0.5, 0.6) is 0 Å². The van der Waals surface area contributed by atoms with Crippen molar-refractivity contribution in [1.29, 1.82) is 0 Å². The molecule has 2 atom stereocenters. The molecule has 0 aliphatic heterocycles. The smallest absolute Gasteiger partial charge is 0.333 e. The van der Waals surface area contributed by atoms with E-state index in [1.54, 1.807) is 26.2 Å². The molecule has 3 nitrogen and oxygen atoms in total. The van der Waals surface area contributed by atoms with E-state index in [1.807, 2.05) is 58.9 Å². The quantitative estimate of drug-likeness (QED) is 0.248.